The molecule has 0 aliphatic carbocycles. The average molecular weight is 350 g/mol. The molecule has 0 unspecified atom stereocenters. The molecule has 1 aliphatic heterocycles. The molecule has 4 nitrogen and oxygen atoms in total. The number of rotatable bonds is 5. The molecule has 2 heterocycles. The van der Waals surface area contributed by atoms with Gasteiger partial charge < -0.3 is 14.8 Å². The summed E-state index contributed by atoms with van der Waals surface area (Å²) in [6.45, 7) is 1.61. The Morgan fingerprint density at radius 2 is 2.22 bits per heavy atom. The molecule has 23 heavy (non-hydrogen) atoms. The Hall–Kier alpha value is -1.98. The van der Waals surface area contributed by atoms with Gasteiger partial charge in [-0.15, -0.1) is 11.3 Å². The summed E-state index contributed by atoms with van der Waals surface area (Å²) in [5.74, 6) is 1.05. The van der Waals surface area contributed by atoms with Crippen molar-refractivity contribution >= 4 is 34.9 Å². The summed E-state index contributed by atoms with van der Waals surface area (Å²) in [5.41, 5.74) is 0.799. The van der Waals surface area contributed by atoms with Gasteiger partial charge in [-0.3, -0.25) is 4.79 Å². The molecule has 0 fully saturated rings. The molecule has 0 saturated carbocycles. The second-order valence-corrected chi connectivity index (χ2v) is 6.42. The molecule has 1 N–H and O–H groups in total. The average Bonchev–Trinajstić information content (AvgIpc) is 3.06. The fourth-order valence-corrected chi connectivity index (χ4v) is 3.20. The fraction of sp³-hybridized carbons (Fsp3) is 0.235. The van der Waals surface area contributed by atoms with E-state index in [1.165, 1.54) is 11.0 Å². The number of nitrogens with one attached hydrogen (secondary N) is 1. The monoisotopic (exact) mass is 349 g/mol. The molecule has 2 aromatic rings. The number of fused-ring (bicyclic) bond motifs is 1. The molecule has 6 heteroatoms. The Kier molecular flexibility index (Phi) is 5.20. The predicted molar refractivity (Wildman–Crippen MR) is 92.5 cm³/mol. The molecule has 120 valence electrons. The van der Waals surface area contributed by atoms with Crippen LogP contribution in [0.2, 0.25) is 5.02 Å². The summed E-state index contributed by atoms with van der Waals surface area (Å²) in [7, 11) is 0. The van der Waals surface area contributed by atoms with Crippen molar-refractivity contribution in [3.63, 3.8) is 0 Å². The van der Waals surface area contributed by atoms with E-state index >= 15 is 0 Å². The van der Waals surface area contributed by atoms with Crippen LogP contribution in [0.1, 0.15) is 10.4 Å². The van der Waals surface area contributed by atoms with Gasteiger partial charge in [-0.1, -0.05) is 17.7 Å². The molecule has 1 amide bonds. The van der Waals surface area contributed by atoms with Gasteiger partial charge in [0, 0.05) is 17.5 Å². The Labute approximate surface area is 143 Å². The van der Waals surface area contributed by atoms with Crippen LogP contribution in [0.3, 0.4) is 0 Å². The van der Waals surface area contributed by atoms with Crippen molar-refractivity contribution in [2.24, 2.45) is 0 Å². The van der Waals surface area contributed by atoms with Gasteiger partial charge in [-0.25, -0.2) is 0 Å². The summed E-state index contributed by atoms with van der Waals surface area (Å²) < 4.78 is 11.0. The third-order valence-electron chi connectivity index (χ3n) is 3.30. The first-order valence-electron chi connectivity index (χ1n) is 7.30. The quantitative estimate of drug-likeness (QED) is 0.840. The van der Waals surface area contributed by atoms with Crippen molar-refractivity contribution in [2.75, 3.05) is 19.8 Å². The van der Waals surface area contributed by atoms with Gasteiger partial charge in [0.2, 0.25) is 5.91 Å². The van der Waals surface area contributed by atoms with E-state index in [-0.39, 0.29) is 5.91 Å². The van der Waals surface area contributed by atoms with Crippen molar-refractivity contribution in [3.8, 4) is 11.5 Å². The number of benzene rings is 1. The van der Waals surface area contributed by atoms with Crippen LogP contribution in [-0.2, 0) is 11.2 Å². The first kappa shape index (κ1) is 15.9. The minimum atomic E-state index is -0.132. The van der Waals surface area contributed by atoms with Crippen LogP contribution < -0.4 is 14.8 Å². The van der Waals surface area contributed by atoms with Crippen LogP contribution in [0.25, 0.3) is 6.08 Å². The minimum absolute atomic E-state index is 0.132. The summed E-state index contributed by atoms with van der Waals surface area (Å²) in [6, 6.07) is 7.64. The highest BCUT2D eigenvalue weighted by molar-refractivity contribution is 7.09. The normalized spacial score (nSPS) is 13.3. The highest BCUT2D eigenvalue weighted by Crippen LogP contribution is 2.38. The van der Waals surface area contributed by atoms with Crippen LogP contribution in [-0.4, -0.2) is 25.7 Å². The maximum atomic E-state index is 11.8. The molecule has 3 rings (SSSR count). The van der Waals surface area contributed by atoms with Gasteiger partial charge >= 0.3 is 0 Å². The van der Waals surface area contributed by atoms with Crippen molar-refractivity contribution in [1.29, 1.82) is 0 Å². The van der Waals surface area contributed by atoms with Crippen LogP contribution in [0.15, 0.2) is 35.7 Å². The number of hydrogen-bond acceptors (Lipinski definition) is 4. The van der Waals surface area contributed by atoms with Crippen LogP contribution in [0.4, 0.5) is 0 Å². The Balaban J connectivity index is 1.56. The van der Waals surface area contributed by atoms with E-state index in [9.17, 15) is 4.79 Å². The van der Waals surface area contributed by atoms with E-state index in [1.807, 2.05) is 17.5 Å². The second kappa shape index (κ2) is 7.53. The lowest BCUT2D eigenvalue weighted by atomic mass is 10.1. The van der Waals surface area contributed by atoms with E-state index in [4.69, 9.17) is 21.1 Å². The van der Waals surface area contributed by atoms with Crippen molar-refractivity contribution < 1.29 is 14.3 Å². The lowest BCUT2D eigenvalue weighted by molar-refractivity contribution is -0.116. The molecule has 1 aromatic heterocycles. The van der Waals surface area contributed by atoms with Gasteiger partial charge in [-0.05, 0) is 41.6 Å². The van der Waals surface area contributed by atoms with Gasteiger partial charge in [0.15, 0.2) is 11.5 Å². The van der Waals surface area contributed by atoms with E-state index in [2.05, 4.69) is 11.4 Å². The van der Waals surface area contributed by atoms with E-state index in [1.54, 1.807) is 23.5 Å². The van der Waals surface area contributed by atoms with Gasteiger partial charge in [0.1, 0.15) is 13.2 Å². The standard InChI is InChI=1S/C17H16ClNO3S/c18-14-10-12(11-15-17(14)22-8-7-21-15)3-4-16(20)19-6-5-13-2-1-9-23-13/h1-4,9-11H,5-8H2,(H,19,20)/b4-3+. The molecule has 1 aliphatic rings. The zero-order chi connectivity index (χ0) is 16.1. The fourth-order valence-electron chi connectivity index (χ4n) is 2.22. The summed E-state index contributed by atoms with van der Waals surface area (Å²) in [6.07, 6.45) is 4.05. The van der Waals surface area contributed by atoms with Gasteiger partial charge in [0.25, 0.3) is 0 Å². The SMILES string of the molecule is O=C(/C=C/c1cc(Cl)c2c(c1)OCCO2)NCCc1cccs1. The number of carbonyl (C=O) groups excluding carboxylic acids is 1. The first-order valence-corrected chi connectivity index (χ1v) is 8.55. The Morgan fingerprint density at radius 3 is 3.04 bits per heavy atom. The summed E-state index contributed by atoms with van der Waals surface area (Å²) in [4.78, 5) is 13.1. The summed E-state index contributed by atoms with van der Waals surface area (Å²) >= 11 is 7.85. The molecule has 0 bridgehead atoms. The number of thiophene rings is 1. The Morgan fingerprint density at radius 1 is 1.35 bits per heavy atom. The number of amides is 1. The van der Waals surface area contributed by atoms with Crippen molar-refractivity contribution in [2.45, 2.75) is 6.42 Å². The molecule has 0 atom stereocenters. The van der Waals surface area contributed by atoms with Crippen molar-refractivity contribution in [3.05, 3.63) is 51.2 Å². The van der Waals surface area contributed by atoms with E-state index in [0.717, 1.165) is 12.0 Å². The molecular weight excluding hydrogens is 334 g/mol. The second-order valence-electron chi connectivity index (χ2n) is 4.98. The van der Waals surface area contributed by atoms with Crippen molar-refractivity contribution in [1.82, 2.24) is 5.32 Å². The largest absolute Gasteiger partial charge is 0.486 e. The minimum Gasteiger partial charge on any atom is -0.486 e. The smallest absolute Gasteiger partial charge is 0.244 e. The third-order valence-corrected chi connectivity index (χ3v) is 4.51. The zero-order valence-corrected chi connectivity index (χ0v) is 14.0. The number of ether oxygens (including phenoxy) is 2. The number of halogens is 1. The number of hydrogen-bond donors (Lipinski definition) is 1. The molecular formula is C17H16ClNO3S. The third kappa shape index (κ3) is 4.27. The molecule has 0 radical (unpaired) electrons. The maximum absolute atomic E-state index is 11.8. The van der Waals surface area contributed by atoms with Crippen LogP contribution in [0, 0.1) is 0 Å². The van der Waals surface area contributed by atoms with Crippen LogP contribution >= 0.6 is 22.9 Å². The summed E-state index contributed by atoms with van der Waals surface area (Å²) in [5, 5.41) is 5.38. The lowest BCUT2D eigenvalue weighted by Gasteiger charge is -2.19. The van der Waals surface area contributed by atoms with E-state index in [0.29, 0.717) is 36.3 Å². The molecule has 0 spiro atoms. The predicted octanol–water partition coefficient (Wildman–Crippen LogP) is 3.54. The van der Waals surface area contributed by atoms with Gasteiger partial charge in [-0.2, -0.15) is 0 Å². The van der Waals surface area contributed by atoms with Crippen LogP contribution in [0.5, 0.6) is 11.5 Å². The molecule has 0 saturated heterocycles. The topological polar surface area (TPSA) is 47.6 Å². The highest BCUT2D eigenvalue weighted by Gasteiger charge is 2.15. The first-order chi connectivity index (χ1) is 11.2. The highest BCUT2D eigenvalue weighted by atomic mass is 35.5. The van der Waals surface area contributed by atoms with E-state index < -0.39 is 0 Å². The Bertz CT molecular complexity index is 713. The van der Waals surface area contributed by atoms with Gasteiger partial charge in [0.05, 0.1) is 5.02 Å². The number of carbonyl (C=O) groups is 1. The maximum Gasteiger partial charge on any atom is 0.244 e. The zero-order valence-electron chi connectivity index (χ0n) is 12.4. The lowest BCUT2D eigenvalue weighted by Crippen LogP contribution is -2.23. The molecule has 1 aromatic carbocycles.